The van der Waals surface area contributed by atoms with E-state index < -0.39 is 0 Å². The predicted molar refractivity (Wildman–Crippen MR) is 273 cm³/mol. The highest BCUT2D eigenvalue weighted by atomic mass is 16.3. The molecule has 2 aromatic heterocycles. The highest BCUT2D eigenvalue weighted by Crippen LogP contribution is 2.50. The van der Waals surface area contributed by atoms with Crippen LogP contribution in [-0.4, -0.2) is 4.57 Å². The van der Waals surface area contributed by atoms with E-state index >= 15 is 0 Å². The predicted octanol–water partition coefficient (Wildman–Crippen LogP) is 17.3. The fourth-order valence-corrected chi connectivity index (χ4v) is 10.7. The molecule has 10 aromatic carbocycles. The molecule has 0 atom stereocenters. The summed E-state index contributed by atoms with van der Waals surface area (Å²) in [5, 5.41) is 4.69. The van der Waals surface area contributed by atoms with Crippen molar-refractivity contribution < 1.29 is 4.42 Å². The molecule has 0 unspecified atom stereocenters. The van der Waals surface area contributed by atoms with E-state index in [1.165, 1.54) is 77.4 Å². The van der Waals surface area contributed by atoms with Crippen molar-refractivity contribution in [3.8, 4) is 72.4 Å². The largest absolute Gasteiger partial charge is 0.455 e. The summed E-state index contributed by atoms with van der Waals surface area (Å²) in [6.45, 7) is 4.73. The van der Waals surface area contributed by atoms with Crippen LogP contribution in [-0.2, 0) is 5.41 Å². The molecule has 0 aliphatic heterocycles. The van der Waals surface area contributed by atoms with E-state index in [1.807, 2.05) is 0 Å². The Bertz CT molecular complexity index is 3830. The lowest BCUT2D eigenvalue weighted by molar-refractivity contribution is 0.660. The molecule has 1 aliphatic carbocycles. The molecule has 12 aromatic rings. The van der Waals surface area contributed by atoms with Gasteiger partial charge in [0, 0.05) is 38.2 Å². The molecular weight excluding hydrogens is 787 g/mol. The molecule has 2 nitrogen and oxygen atoms in total. The Morgan fingerprint density at radius 2 is 0.862 bits per heavy atom. The van der Waals surface area contributed by atoms with Crippen molar-refractivity contribution in [1.29, 1.82) is 0 Å². The zero-order valence-electron chi connectivity index (χ0n) is 36.2. The Balaban J connectivity index is 1.06. The highest BCUT2D eigenvalue weighted by Gasteiger charge is 2.35. The van der Waals surface area contributed by atoms with Crippen molar-refractivity contribution >= 4 is 43.7 Å². The fraction of sp³-hybridized carbons (Fsp3) is 0.0476. The summed E-state index contributed by atoms with van der Waals surface area (Å²) in [4.78, 5) is 0. The van der Waals surface area contributed by atoms with Crippen molar-refractivity contribution in [3.63, 3.8) is 0 Å². The topological polar surface area (TPSA) is 18.1 Å². The van der Waals surface area contributed by atoms with Gasteiger partial charge in [0.05, 0.1) is 11.0 Å². The Hall–Kier alpha value is -8.20. The summed E-state index contributed by atoms with van der Waals surface area (Å²) in [6, 6.07) is 82.3. The first kappa shape index (κ1) is 37.4. The molecule has 65 heavy (non-hydrogen) atoms. The lowest BCUT2D eigenvalue weighted by Gasteiger charge is -2.22. The molecule has 0 fully saturated rings. The van der Waals surface area contributed by atoms with Crippen LogP contribution in [0, 0.1) is 0 Å². The summed E-state index contributed by atoms with van der Waals surface area (Å²) >= 11 is 0. The van der Waals surface area contributed by atoms with Crippen molar-refractivity contribution in [2.75, 3.05) is 0 Å². The van der Waals surface area contributed by atoms with Crippen LogP contribution in [0.3, 0.4) is 0 Å². The van der Waals surface area contributed by atoms with Gasteiger partial charge >= 0.3 is 0 Å². The van der Waals surface area contributed by atoms with Gasteiger partial charge in [-0.2, -0.15) is 0 Å². The molecule has 1 aliphatic rings. The van der Waals surface area contributed by atoms with Crippen LogP contribution < -0.4 is 0 Å². The van der Waals surface area contributed by atoms with Gasteiger partial charge in [0.25, 0.3) is 0 Å². The number of rotatable bonds is 6. The lowest BCUT2D eigenvalue weighted by Crippen LogP contribution is -2.14. The van der Waals surface area contributed by atoms with Gasteiger partial charge in [-0.15, -0.1) is 0 Å². The van der Waals surface area contributed by atoms with Crippen LogP contribution in [0.25, 0.3) is 116 Å². The third kappa shape index (κ3) is 5.95. The average molecular weight is 830 g/mol. The van der Waals surface area contributed by atoms with Crippen LogP contribution in [0.5, 0.6) is 0 Å². The van der Waals surface area contributed by atoms with Gasteiger partial charge in [-0.25, -0.2) is 0 Å². The smallest absolute Gasteiger partial charge is 0.143 e. The average Bonchev–Trinajstić information content (AvgIpc) is 3.99. The maximum absolute atomic E-state index is 6.80. The Labute approximate surface area is 378 Å². The minimum absolute atomic E-state index is 0.114. The molecule has 2 heterocycles. The number of aromatic nitrogens is 1. The van der Waals surface area contributed by atoms with Crippen molar-refractivity contribution in [1.82, 2.24) is 4.57 Å². The van der Waals surface area contributed by atoms with Crippen molar-refractivity contribution in [2.24, 2.45) is 0 Å². The second kappa shape index (κ2) is 14.4. The highest BCUT2D eigenvalue weighted by molar-refractivity contribution is 6.13. The normalized spacial score (nSPS) is 12.9. The number of hydrogen-bond donors (Lipinski definition) is 0. The zero-order valence-corrected chi connectivity index (χ0v) is 36.2. The van der Waals surface area contributed by atoms with Gasteiger partial charge in [0.2, 0.25) is 0 Å². The zero-order chi connectivity index (χ0) is 43.2. The number of furan rings is 1. The van der Waals surface area contributed by atoms with E-state index in [1.54, 1.807) is 0 Å². The number of nitrogens with zero attached hydrogens (tertiary/aromatic N) is 1. The maximum atomic E-state index is 6.80. The lowest BCUT2D eigenvalue weighted by atomic mass is 9.81. The molecule has 0 saturated heterocycles. The molecule has 2 heteroatoms. The van der Waals surface area contributed by atoms with E-state index in [4.69, 9.17) is 4.42 Å². The molecule has 0 N–H and O–H groups in total. The number of para-hydroxylation sites is 2. The summed E-state index contributed by atoms with van der Waals surface area (Å²) in [6.07, 6.45) is 0. The quantitative estimate of drug-likeness (QED) is 0.163. The Morgan fingerprint density at radius 3 is 1.65 bits per heavy atom. The van der Waals surface area contributed by atoms with Crippen LogP contribution in [0.1, 0.15) is 25.0 Å². The summed E-state index contributed by atoms with van der Waals surface area (Å²) in [5.74, 6) is 0. The molecule has 0 amide bonds. The Kier molecular flexibility index (Phi) is 8.29. The minimum atomic E-state index is -0.114. The second-order valence-electron chi connectivity index (χ2n) is 18.1. The third-order valence-electron chi connectivity index (χ3n) is 14.0. The summed E-state index contributed by atoms with van der Waals surface area (Å²) in [5.41, 5.74) is 22.2. The van der Waals surface area contributed by atoms with E-state index in [-0.39, 0.29) is 5.41 Å². The first-order valence-corrected chi connectivity index (χ1v) is 22.6. The van der Waals surface area contributed by atoms with Gasteiger partial charge in [0.1, 0.15) is 11.2 Å². The second-order valence-corrected chi connectivity index (χ2v) is 18.1. The number of hydrogen-bond acceptors (Lipinski definition) is 1. The molecule has 0 spiro atoms. The van der Waals surface area contributed by atoms with Crippen LogP contribution in [0.2, 0.25) is 0 Å². The number of benzene rings is 10. The van der Waals surface area contributed by atoms with Gasteiger partial charge in [0.15, 0.2) is 0 Å². The van der Waals surface area contributed by atoms with Crippen LogP contribution in [0.4, 0.5) is 0 Å². The minimum Gasteiger partial charge on any atom is -0.455 e. The molecule has 0 radical (unpaired) electrons. The standard InChI is InChI=1S/C63H43NO/c1-63(2)57-24-14-12-22-50(57)51-29-26-44(39-58(51)63)46-32-45(43-27-30-60-54(35-43)52-23-13-15-25-59(52)64(60)49-20-10-5-11-21-49)33-47(34-46)48-37-53(41-18-8-4-9-19-41)62-56(38-48)55-36-42(28-31-61(55)65-62)40-16-6-3-7-17-40/h3-39H,1-2H3. The number of fused-ring (bicyclic) bond motifs is 9. The van der Waals surface area contributed by atoms with Gasteiger partial charge in [-0.05, 0) is 151 Å². The van der Waals surface area contributed by atoms with Gasteiger partial charge < -0.3 is 8.98 Å². The summed E-state index contributed by atoms with van der Waals surface area (Å²) in [7, 11) is 0. The first-order valence-electron chi connectivity index (χ1n) is 22.6. The summed E-state index contributed by atoms with van der Waals surface area (Å²) < 4.78 is 9.19. The SMILES string of the molecule is CC1(C)c2ccccc2-c2ccc(-c3cc(-c4cc(-c5ccccc5)c5oc6ccc(-c7ccccc7)cc6c5c4)cc(-c4ccc5c(c4)c4ccccc4n5-c4ccccc4)c3)cc21. The van der Waals surface area contributed by atoms with E-state index in [0.29, 0.717) is 0 Å². The first-order chi connectivity index (χ1) is 32.0. The van der Waals surface area contributed by atoms with Crippen LogP contribution >= 0.6 is 0 Å². The van der Waals surface area contributed by atoms with E-state index in [0.717, 1.165) is 49.9 Å². The maximum Gasteiger partial charge on any atom is 0.143 e. The van der Waals surface area contributed by atoms with E-state index in [2.05, 4.69) is 243 Å². The van der Waals surface area contributed by atoms with Gasteiger partial charge in [-0.3, -0.25) is 0 Å². The molecular formula is C63H43NO. The van der Waals surface area contributed by atoms with Crippen LogP contribution in [0.15, 0.2) is 229 Å². The molecule has 0 saturated carbocycles. The molecule has 13 rings (SSSR count). The Morgan fingerprint density at radius 1 is 0.323 bits per heavy atom. The third-order valence-corrected chi connectivity index (χ3v) is 14.0. The fourth-order valence-electron chi connectivity index (χ4n) is 10.7. The molecule has 0 bridgehead atoms. The molecule has 306 valence electrons. The van der Waals surface area contributed by atoms with Gasteiger partial charge in [-0.1, -0.05) is 159 Å². The van der Waals surface area contributed by atoms with E-state index in [9.17, 15) is 0 Å². The van der Waals surface area contributed by atoms with Crippen molar-refractivity contribution in [3.05, 3.63) is 236 Å². The monoisotopic (exact) mass is 829 g/mol. The van der Waals surface area contributed by atoms with Crippen molar-refractivity contribution in [2.45, 2.75) is 19.3 Å².